The van der Waals surface area contributed by atoms with E-state index in [0.29, 0.717) is 13.1 Å². The van der Waals surface area contributed by atoms with E-state index in [-0.39, 0.29) is 17.6 Å². The molecule has 1 aromatic rings. The molecule has 0 aliphatic carbocycles. The second-order valence-corrected chi connectivity index (χ2v) is 4.10. The van der Waals surface area contributed by atoms with Gasteiger partial charge in [-0.05, 0) is 18.9 Å². The van der Waals surface area contributed by atoms with E-state index in [0.717, 1.165) is 25.7 Å². The van der Waals surface area contributed by atoms with Crippen LogP contribution < -0.4 is 0 Å². The minimum absolute atomic E-state index is 0.0543. The Balaban J connectivity index is 2.09. The molecule has 0 spiro atoms. The van der Waals surface area contributed by atoms with Crippen molar-refractivity contribution in [3.63, 3.8) is 0 Å². The summed E-state index contributed by atoms with van der Waals surface area (Å²) in [6, 6.07) is 2.58. The highest BCUT2D eigenvalue weighted by Crippen LogP contribution is 2.19. The van der Waals surface area contributed by atoms with Crippen molar-refractivity contribution in [2.75, 3.05) is 13.1 Å². The van der Waals surface area contributed by atoms with Gasteiger partial charge in [0.05, 0.1) is 6.07 Å². The molecular formula is C11H14N2O4. The molecular weight excluding hydrogens is 224 g/mol. The number of likely N-dealkylation sites (tertiary alicyclic amines) is 1. The van der Waals surface area contributed by atoms with E-state index < -0.39 is 4.92 Å². The molecule has 17 heavy (non-hydrogen) atoms. The van der Waals surface area contributed by atoms with Gasteiger partial charge >= 0.3 is 5.88 Å². The molecule has 1 aromatic heterocycles. The van der Waals surface area contributed by atoms with Gasteiger partial charge in [-0.1, -0.05) is 12.8 Å². The van der Waals surface area contributed by atoms with Crippen molar-refractivity contribution >= 4 is 11.8 Å². The average Bonchev–Trinajstić information content (AvgIpc) is 2.65. The van der Waals surface area contributed by atoms with Crippen LogP contribution in [0.5, 0.6) is 0 Å². The van der Waals surface area contributed by atoms with E-state index in [2.05, 4.69) is 0 Å². The van der Waals surface area contributed by atoms with Crippen LogP contribution in [0.3, 0.4) is 0 Å². The van der Waals surface area contributed by atoms with Crippen LogP contribution in [-0.4, -0.2) is 28.8 Å². The summed E-state index contributed by atoms with van der Waals surface area (Å²) in [6.45, 7) is 1.40. The maximum Gasteiger partial charge on any atom is 0.433 e. The summed E-state index contributed by atoms with van der Waals surface area (Å²) in [6.07, 6.45) is 4.22. The summed E-state index contributed by atoms with van der Waals surface area (Å²) in [5, 5.41) is 10.5. The Bertz CT molecular complexity index is 419. The summed E-state index contributed by atoms with van der Waals surface area (Å²) >= 11 is 0. The lowest BCUT2D eigenvalue weighted by atomic mass is 10.2. The molecule has 0 N–H and O–H groups in total. The topological polar surface area (TPSA) is 76.6 Å². The summed E-state index contributed by atoms with van der Waals surface area (Å²) in [5.74, 6) is -0.582. The van der Waals surface area contributed by atoms with Crippen LogP contribution in [0.1, 0.15) is 36.2 Å². The third-order valence-corrected chi connectivity index (χ3v) is 2.88. The number of nitrogens with zero attached hydrogens (tertiary/aromatic N) is 2. The van der Waals surface area contributed by atoms with Crippen LogP contribution >= 0.6 is 0 Å². The van der Waals surface area contributed by atoms with Gasteiger partial charge in [-0.2, -0.15) is 0 Å². The quantitative estimate of drug-likeness (QED) is 0.584. The van der Waals surface area contributed by atoms with Gasteiger partial charge < -0.3 is 9.32 Å². The van der Waals surface area contributed by atoms with E-state index in [1.807, 2.05) is 0 Å². The number of rotatable bonds is 2. The molecule has 0 saturated carbocycles. The zero-order valence-electron chi connectivity index (χ0n) is 9.42. The van der Waals surface area contributed by atoms with Gasteiger partial charge in [0.25, 0.3) is 5.91 Å². The second kappa shape index (κ2) is 4.99. The lowest BCUT2D eigenvalue weighted by molar-refractivity contribution is -0.402. The zero-order valence-corrected chi connectivity index (χ0v) is 9.42. The monoisotopic (exact) mass is 238 g/mol. The first-order valence-corrected chi connectivity index (χ1v) is 5.72. The van der Waals surface area contributed by atoms with Crippen LogP contribution in [-0.2, 0) is 0 Å². The second-order valence-electron chi connectivity index (χ2n) is 4.10. The van der Waals surface area contributed by atoms with Gasteiger partial charge in [-0.25, -0.2) is 0 Å². The number of hydrogen-bond acceptors (Lipinski definition) is 4. The van der Waals surface area contributed by atoms with E-state index in [9.17, 15) is 14.9 Å². The fraction of sp³-hybridized carbons (Fsp3) is 0.545. The van der Waals surface area contributed by atoms with Crippen molar-refractivity contribution in [1.82, 2.24) is 4.90 Å². The highest BCUT2D eigenvalue weighted by Gasteiger charge is 2.22. The number of nitro groups is 1. The van der Waals surface area contributed by atoms with E-state index in [1.165, 1.54) is 12.1 Å². The summed E-state index contributed by atoms with van der Waals surface area (Å²) in [5.41, 5.74) is 0. The lowest BCUT2D eigenvalue weighted by Crippen LogP contribution is -2.31. The predicted molar refractivity (Wildman–Crippen MR) is 59.7 cm³/mol. The fourth-order valence-corrected chi connectivity index (χ4v) is 1.97. The van der Waals surface area contributed by atoms with Gasteiger partial charge in [0, 0.05) is 13.1 Å². The average molecular weight is 238 g/mol. The van der Waals surface area contributed by atoms with Crippen molar-refractivity contribution in [2.45, 2.75) is 25.7 Å². The van der Waals surface area contributed by atoms with Gasteiger partial charge in [-0.15, -0.1) is 0 Å². The van der Waals surface area contributed by atoms with Crippen molar-refractivity contribution in [3.8, 4) is 0 Å². The SMILES string of the molecule is O=C(c1ccc([N+](=O)[O-])o1)N1CCCCCC1. The summed E-state index contributed by atoms with van der Waals surface area (Å²) in [4.78, 5) is 23.5. The van der Waals surface area contributed by atoms with Crippen molar-refractivity contribution in [1.29, 1.82) is 0 Å². The molecule has 2 heterocycles. The van der Waals surface area contributed by atoms with Crippen molar-refractivity contribution < 1.29 is 14.1 Å². The Morgan fingerprint density at radius 3 is 2.41 bits per heavy atom. The molecule has 1 fully saturated rings. The van der Waals surface area contributed by atoms with Crippen molar-refractivity contribution in [3.05, 3.63) is 28.0 Å². The van der Waals surface area contributed by atoms with Crippen LogP contribution in [0.25, 0.3) is 0 Å². The standard InChI is InChI=1S/C11H14N2O4/c14-11(12-7-3-1-2-4-8-12)9-5-6-10(17-9)13(15)16/h5-6H,1-4,7-8H2. The van der Waals surface area contributed by atoms with E-state index in [4.69, 9.17) is 4.42 Å². The summed E-state index contributed by atoms with van der Waals surface area (Å²) in [7, 11) is 0. The smallest absolute Gasteiger partial charge is 0.395 e. The highest BCUT2D eigenvalue weighted by atomic mass is 16.6. The Kier molecular flexibility index (Phi) is 3.41. The number of carbonyl (C=O) groups excluding carboxylic acids is 1. The normalized spacial score (nSPS) is 16.6. The first kappa shape index (κ1) is 11.6. The molecule has 0 bridgehead atoms. The van der Waals surface area contributed by atoms with Gasteiger partial charge in [0.1, 0.15) is 4.92 Å². The third-order valence-electron chi connectivity index (χ3n) is 2.88. The molecule has 1 aliphatic rings. The lowest BCUT2D eigenvalue weighted by Gasteiger charge is -2.18. The van der Waals surface area contributed by atoms with E-state index in [1.54, 1.807) is 4.90 Å². The van der Waals surface area contributed by atoms with Crippen LogP contribution in [0.4, 0.5) is 5.88 Å². The molecule has 6 nitrogen and oxygen atoms in total. The Morgan fingerprint density at radius 1 is 1.24 bits per heavy atom. The molecule has 0 aromatic carbocycles. The van der Waals surface area contributed by atoms with Crippen molar-refractivity contribution in [2.24, 2.45) is 0 Å². The fourth-order valence-electron chi connectivity index (χ4n) is 1.97. The number of amides is 1. The predicted octanol–water partition coefficient (Wildman–Crippen LogP) is 2.20. The molecule has 0 unspecified atom stereocenters. The molecule has 6 heteroatoms. The molecule has 0 atom stereocenters. The zero-order chi connectivity index (χ0) is 12.3. The third kappa shape index (κ3) is 2.64. The van der Waals surface area contributed by atoms with Gasteiger partial charge in [0.15, 0.2) is 5.76 Å². The number of hydrogen-bond donors (Lipinski definition) is 0. The largest absolute Gasteiger partial charge is 0.433 e. The minimum atomic E-state index is -0.640. The van der Waals surface area contributed by atoms with Gasteiger partial charge in [0.2, 0.25) is 0 Å². The molecule has 2 rings (SSSR count). The minimum Gasteiger partial charge on any atom is -0.395 e. The Hall–Kier alpha value is -1.85. The Morgan fingerprint density at radius 2 is 1.88 bits per heavy atom. The number of carbonyl (C=O) groups is 1. The van der Waals surface area contributed by atoms with Crippen LogP contribution in [0.15, 0.2) is 16.5 Å². The first-order valence-electron chi connectivity index (χ1n) is 5.72. The van der Waals surface area contributed by atoms with Gasteiger partial charge in [-0.3, -0.25) is 14.9 Å². The molecule has 1 saturated heterocycles. The molecule has 92 valence electrons. The highest BCUT2D eigenvalue weighted by molar-refractivity contribution is 5.91. The van der Waals surface area contributed by atoms with Crippen LogP contribution in [0, 0.1) is 10.1 Å². The summed E-state index contributed by atoms with van der Waals surface area (Å²) < 4.78 is 4.91. The van der Waals surface area contributed by atoms with E-state index >= 15 is 0 Å². The maximum atomic E-state index is 12.0. The molecule has 1 amide bonds. The Labute approximate surface area is 98.3 Å². The van der Waals surface area contributed by atoms with Crippen LogP contribution in [0.2, 0.25) is 0 Å². The number of furan rings is 1. The first-order chi connectivity index (χ1) is 8.18. The molecule has 0 radical (unpaired) electrons. The maximum absolute atomic E-state index is 12.0. The molecule has 1 aliphatic heterocycles.